The Kier molecular flexibility index (Phi) is 2.94. The predicted octanol–water partition coefficient (Wildman–Crippen LogP) is 1.75. The first-order valence-corrected chi connectivity index (χ1v) is 6.88. The Hall–Kier alpha value is -1.08. The Morgan fingerprint density at radius 2 is 2.00 bits per heavy atom. The Morgan fingerprint density at radius 1 is 1.39 bits per heavy atom. The maximum Gasteiger partial charge on any atom is 0.416 e. The predicted molar refractivity (Wildman–Crippen MR) is 59.8 cm³/mol. The quantitative estimate of drug-likeness (QED) is 0.852. The molecular weight excluding hydrogens is 267 g/mol. The van der Waals surface area contributed by atoms with Crippen LogP contribution in [-0.4, -0.2) is 19.7 Å². The SMILES string of the molecule is CC(N)C1Cc2ccc(C(F)(F)F)cc2S1(=O)=O. The smallest absolute Gasteiger partial charge is 0.327 e. The number of benzene rings is 1. The van der Waals surface area contributed by atoms with Crippen LogP contribution in [0.3, 0.4) is 0 Å². The van der Waals surface area contributed by atoms with Crippen molar-refractivity contribution >= 4 is 9.84 Å². The van der Waals surface area contributed by atoms with Gasteiger partial charge in [-0.2, -0.15) is 13.2 Å². The van der Waals surface area contributed by atoms with Crippen LogP contribution in [0.2, 0.25) is 0 Å². The highest BCUT2D eigenvalue weighted by Gasteiger charge is 2.41. The van der Waals surface area contributed by atoms with Gasteiger partial charge in [-0.3, -0.25) is 0 Å². The Morgan fingerprint density at radius 3 is 2.50 bits per heavy atom. The van der Waals surface area contributed by atoms with Crippen LogP contribution in [0.15, 0.2) is 23.1 Å². The Bertz CT molecular complexity index is 578. The Balaban J connectivity index is 2.56. The lowest BCUT2D eigenvalue weighted by molar-refractivity contribution is -0.137. The molecule has 100 valence electrons. The van der Waals surface area contributed by atoms with Gasteiger partial charge in [0.1, 0.15) is 0 Å². The molecule has 2 rings (SSSR count). The van der Waals surface area contributed by atoms with Gasteiger partial charge in [-0.05, 0) is 31.0 Å². The van der Waals surface area contributed by atoms with Crippen molar-refractivity contribution < 1.29 is 21.6 Å². The summed E-state index contributed by atoms with van der Waals surface area (Å²) in [5.41, 5.74) is 5.03. The van der Waals surface area contributed by atoms with Crippen LogP contribution in [0.4, 0.5) is 13.2 Å². The van der Waals surface area contributed by atoms with Gasteiger partial charge in [-0.1, -0.05) is 6.07 Å². The summed E-state index contributed by atoms with van der Waals surface area (Å²) in [4.78, 5) is -0.236. The van der Waals surface area contributed by atoms with Gasteiger partial charge in [0.05, 0.1) is 15.7 Å². The number of fused-ring (bicyclic) bond motifs is 1. The zero-order valence-electron chi connectivity index (χ0n) is 9.53. The minimum Gasteiger partial charge on any atom is -0.327 e. The van der Waals surface area contributed by atoms with E-state index in [4.69, 9.17) is 5.73 Å². The second kappa shape index (κ2) is 3.96. The molecule has 18 heavy (non-hydrogen) atoms. The average Bonchev–Trinajstić information content (AvgIpc) is 2.49. The maximum atomic E-state index is 12.5. The van der Waals surface area contributed by atoms with E-state index in [2.05, 4.69) is 0 Å². The van der Waals surface area contributed by atoms with Crippen molar-refractivity contribution in [2.45, 2.75) is 35.7 Å². The number of hydrogen-bond acceptors (Lipinski definition) is 3. The van der Waals surface area contributed by atoms with Gasteiger partial charge in [0.25, 0.3) is 0 Å². The normalized spacial score (nSPS) is 23.7. The minimum absolute atomic E-state index is 0.174. The standard InChI is InChI=1S/C11H12F3NO2S/c1-6(15)9-4-7-2-3-8(11(12,13)14)5-10(7)18(9,16)17/h2-3,5-6,9H,4,15H2,1H3. The summed E-state index contributed by atoms with van der Waals surface area (Å²) in [6, 6.07) is 2.21. The molecule has 3 nitrogen and oxygen atoms in total. The van der Waals surface area contributed by atoms with E-state index in [9.17, 15) is 21.6 Å². The second-order valence-corrected chi connectivity index (χ2v) is 6.60. The number of nitrogens with two attached hydrogens (primary N) is 1. The number of hydrogen-bond donors (Lipinski definition) is 1. The maximum absolute atomic E-state index is 12.5. The van der Waals surface area contributed by atoms with E-state index in [1.54, 1.807) is 6.92 Å². The summed E-state index contributed by atoms with van der Waals surface area (Å²) in [6.45, 7) is 1.54. The molecular formula is C11H12F3NO2S. The molecule has 2 unspecified atom stereocenters. The fraction of sp³-hybridized carbons (Fsp3) is 0.455. The van der Waals surface area contributed by atoms with Gasteiger partial charge in [0, 0.05) is 6.04 Å². The highest BCUT2D eigenvalue weighted by atomic mass is 32.2. The minimum atomic E-state index is -4.54. The third-order valence-electron chi connectivity index (χ3n) is 3.11. The molecule has 0 saturated carbocycles. The van der Waals surface area contributed by atoms with Crippen molar-refractivity contribution in [1.82, 2.24) is 0 Å². The Labute approximate surface area is 103 Å². The van der Waals surface area contributed by atoms with Crippen molar-refractivity contribution in [2.75, 3.05) is 0 Å². The second-order valence-electron chi connectivity index (χ2n) is 4.47. The molecule has 0 fully saturated rings. The van der Waals surface area contributed by atoms with Gasteiger partial charge >= 0.3 is 6.18 Å². The summed E-state index contributed by atoms with van der Waals surface area (Å²) in [6.07, 6.45) is -4.37. The van der Waals surface area contributed by atoms with Crippen LogP contribution in [0.1, 0.15) is 18.1 Å². The molecule has 2 N–H and O–H groups in total. The number of alkyl halides is 3. The van der Waals surface area contributed by atoms with Crippen LogP contribution in [0.25, 0.3) is 0 Å². The molecule has 0 aliphatic carbocycles. The molecule has 0 spiro atoms. The number of rotatable bonds is 1. The highest BCUT2D eigenvalue weighted by molar-refractivity contribution is 7.92. The molecule has 0 radical (unpaired) electrons. The molecule has 1 aliphatic rings. The van der Waals surface area contributed by atoms with Crippen LogP contribution in [-0.2, 0) is 22.4 Å². The van der Waals surface area contributed by atoms with E-state index in [1.807, 2.05) is 0 Å². The first kappa shape index (κ1) is 13.4. The molecule has 2 atom stereocenters. The van der Waals surface area contributed by atoms with Crippen molar-refractivity contribution in [2.24, 2.45) is 5.73 Å². The van der Waals surface area contributed by atoms with E-state index < -0.39 is 32.9 Å². The van der Waals surface area contributed by atoms with E-state index in [0.717, 1.165) is 6.07 Å². The fourth-order valence-corrected chi connectivity index (χ4v) is 4.22. The molecule has 7 heteroatoms. The molecule has 1 aromatic rings. The van der Waals surface area contributed by atoms with E-state index in [0.29, 0.717) is 11.6 Å². The number of halogens is 3. The fourth-order valence-electron chi connectivity index (χ4n) is 2.12. The first-order chi connectivity index (χ1) is 8.14. The number of sulfone groups is 1. The molecule has 0 aromatic heterocycles. The molecule has 0 saturated heterocycles. The van der Waals surface area contributed by atoms with Crippen LogP contribution < -0.4 is 5.73 Å². The monoisotopic (exact) mass is 279 g/mol. The van der Waals surface area contributed by atoms with Crippen LogP contribution >= 0.6 is 0 Å². The molecule has 1 heterocycles. The summed E-state index contributed by atoms with van der Waals surface area (Å²) in [5.74, 6) is 0. The zero-order valence-corrected chi connectivity index (χ0v) is 10.3. The molecule has 0 amide bonds. The van der Waals surface area contributed by atoms with E-state index >= 15 is 0 Å². The lowest BCUT2D eigenvalue weighted by Gasteiger charge is -2.13. The first-order valence-electron chi connectivity index (χ1n) is 5.33. The molecule has 0 bridgehead atoms. The summed E-state index contributed by atoms with van der Waals surface area (Å²) >= 11 is 0. The van der Waals surface area contributed by atoms with Crippen molar-refractivity contribution in [3.8, 4) is 0 Å². The van der Waals surface area contributed by atoms with E-state index in [1.165, 1.54) is 6.07 Å². The van der Waals surface area contributed by atoms with Crippen LogP contribution in [0, 0.1) is 0 Å². The summed E-state index contributed by atoms with van der Waals surface area (Å²) in [7, 11) is -3.75. The topological polar surface area (TPSA) is 60.2 Å². The lowest BCUT2D eigenvalue weighted by atomic mass is 10.0. The largest absolute Gasteiger partial charge is 0.416 e. The highest BCUT2D eigenvalue weighted by Crippen LogP contribution is 2.37. The van der Waals surface area contributed by atoms with Crippen molar-refractivity contribution in [3.05, 3.63) is 29.3 Å². The van der Waals surface area contributed by atoms with Gasteiger partial charge in [0.2, 0.25) is 0 Å². The molecule has 1 aliphatic heterocycles. The van der Waals surface area contributed by atoms with Crippen molar-refractivity contribution in [3.63, 3.8) is 0 Å². The third-order valence-corrected chi connectivity index (χ3v) is 5.49. The lowest BCUT2D eigenvalue weighted by Crippen LogP contribution is -2.36. The average molecular weight is 279 g/mol. The van der Waals surface area contributed by atoms with E-state index in [-0.39, 0.29) is 11.3 Å². The molecule has 1 aromatic carbocycles. The van der Waals surface area contributed by atoms with Crippen molar-refractivity contribution in [1.29, 1.82) is 0 Å². The zero-order chi connectivity index (χ0) is 13.7. The summed E-state index contributed by atoms with van der Waals surface area (Å²) < 4.78 is 61.7. The van der Waals surface area contributed by atoms with Gasteiger partial charge in [0.15, 0.2) is 9.84 Å². The summed E-state index contributed by atoms with van der Waals surface area (Å²) in [5, 5.41) is -0.837. The van der Waals surface area contributed by atoms with Gasteiger partial charge in [-0.25, -0.2) is 8.42 Å². The van der Waals surface area contributed by atoms with Gasteiger partial charge < -0.3 is 5.73 Å². The van der Waals surface area contributed by atoms with Crippen LogP contribution in [0.5, 0.6) is 0 Å². The van der Waals surface area contributed by atoms with Gasteiger partial charge in [-0.15, -0.1) is 0 Å². The third kappa shape index (κ3) is 2.01.